The molecule has 9 nitrogen and oxygen atoms in total. The highest BCUT2D eigenvalue weighted by Gasteiger charge is 2.40. The van der Waals surface area contributed by atoms with E-state index in [1.165, 1.54) is 18.1 Å². The summed E-state index contributed by atoms with van der Waals surface area (Å²) >= 11 is 6.04. The number of pyridine rings is 1. The Morgan fingerprint density at radius 3 is 2.59 bits per heavy atom. The van der Waals surface area contributed by atoms with Crippen molar-refractivity contribution in [2.24, 2.45) is 0 Å². The van der Waals surface area contributed by atoms with Gasteiger partial charge in [0, 0.05) is 30.7 Å². The number of hydrogen-bond donors (Lipinski definition) is 0. The Morgan fingerprint density at radius 2 is 1.88 bits per heavy atom. The molecule has 1 fully saturated rings. The Kier molecular flexibility index (Phi) is 5.84. The van der Waals surface area contributed by atoms with Crippen molar-refractivity contribution in [2.45, 2.75) is 19.4 Å². The largest absolute Gasteiger partial charge is 0.481 e. The minimum absolute atomic E-state index is 0.0901. The third-order valence-electron chi connectivity index (χ3n) is 5.34. The standard InChI is InChI=1S/C22H23ClN6O3/c1-22(2)13-27(20(30)17-8-5-9-18(25-17)32-3)10-11-28(22)21(31)19-24-14-29(26-19)16-7-4-6-15(23)12-16/h4-9,12,14H,10-11,13H2,1-3H3. The molecule has 4 rings (SSSR count). The van der Waals surface area contributed by atoms with E-state index in [9.17, 15) is 9.59 Å². The Hall–Kier alpha value is -3.46. The molecule has 1 aliphatic heterocycles. The SMILES string of the molecule is COc1cccc(C(=O)N2CCN(C(=O)c3ncn(-c4cccc(Cl)c4)n3)C(C)(C)C2)n1. The summed E-state index contributed by atoms with van der Waals surface area (Å²) in [5.74, 6) is -0.0209. The normalized spacial score (nSPS) is 15.5. The minimum Gasteiger partial charge on any atom is -0.481 e. The number of methoxy groups -OCH3 is 1. The molecule has 3 aromatic rings. The van der Waals surface area contributed by atoms with Crippen molar-refractivity contribution in [3.8, 4) is 11.6 Å². The van der Waals surface area contributed by atoms with Crippen molar-refractivity contribution in [1.82, 2.24) is 29.5 Å². The fourth-order valence-corrected chi connectivity index (χ4v) is 3.92. The van der Waals surface area contributed by atoms with Gasteiger partial charge in [0.25, 0.3) is 11.8 Å². The van der Waals surface area contributed by atoms with E-state index in [0.717, 1.165) is 0 Å². The predicted octanol–water partition coefficient (Wildman–Crippen LogP) is 2.70. The molecule has 1 aliphatic rings. The van der Waals surface area contributed by atoms with Crippen LogP contribution in [0.15, 0.2) is 48.8 Å². The molecule has 0 radical (unpaired) electrons. The van der Waals surface area contributed by atoms with Crippen LogP contribution in [0.3, 0.4) is 0 Å². The van der Waals surface area contributed by atoms with Gasteiger partial charge in [-0.25, -0.2) is 14.6 Å². The number of rotatable bonds is 4. The molecule has 0 atom stereocenters. The number of ether oxygens (including phenoxy) is 1. The van der Waals surface area contributed by atoms with Crippen LogP contribution in [0.4, 0.5) is 0 Å². The van der Waals surface area contributed by atoms with E-state index >= 15 is 0 Å². The molecule has 0 bridgehead atoms. The molecule has 0 N–H and O–H groups in total. The van der Waals surface area contributed by atoms with Crippen LogP contribution in [0.25, 0.3) is 5.69 Å². The van der Waals surface area contributed by atoms with Crippen molar-refractivity contribution in [2.75, 3.05) is 26.7 Å². The molecule has 0 saturated carbocycles. The molecule has 2 amide bonds. The molecule has 3 heterocycles. The van der Waals surface area contributed by atoms with Gasteiger partial charge in [0.15, 0.2) is 0 Å². The molecule has 1 aromatic carbocycles. The van der Waals surface area contributed by atoms with Crippen LogP contribution in [0.2, 0.25) is 5.02 Å². The van der Waals surface area contributed by atoms with Gasteiger partial charge in [0.1, 0.15) is 12.0 Å². The average Bonchev–Trinajstić information content (AvgIpc) is 3.28. The second kappa shape index (κ2) is 8.58. The monoisotopic (exact) mass is 454 g/mol. The Labute approximate surface area is 190 Å². The number of amides is 2. The molecule has 0 unspecified atom stereocenters. The predicted molar refractivity (Wildman–Crippen MR) is 118 cm³/mol. The molecule has 1 saturated heterocycles. The van der Waals surface area contributed by atoms with Crippen molar-refractivity contribution in [3.05, 3.63) is 65.3 Å². The van der Waals surface area contributed by atoms with E-state index < -0.39 is 5.54 Å². The first-order valence-corrected chi connectivity index (χ1v) is 10.5. The summed E-state index contributed by atoms with van der Waals surface area (Å²) in [5, 5.41) is 4.90. The van der Waals surface area contributed by atoms with Crippen LogP contribution in [-0.2, 0) is 0 Å². The van der Waals surface area contributed by atoms with Crippen molar-refractivity contribution in [1.29, 1.82) is 0 Å². The lowest BCUT2D eigenvalue weighted by molar-refractivity contribution is 0.0158. The summed E-state index contributed by atoms with van der Waals surface area (Å²) in [4.78, 5) is 38.0. The molecule has 10 heteroatoms. The topological polar surface area (TPSA) is 93.5 Å². The highest BCUT2D eigenvalue weighted by Crippen LogP contribution is 2.24. The lowest BCUT2D eigenvalue weighted by atomic mass is 9.98. The Bertz CT molecular complexity index is 1160. The van der Waals surface area contributed by atoms with Crippen LogP contribution >= 0.6 is 11.6 Å². The highest BCUT2D eigenvalue weighted by molar-refractivity contribution is 6.30. The number of benzene rings is 1. The van der Waals surface area contributed by atoms with Crippen LogP contribution in [0, 0.1) is 0 Å². The Balaban J connectivity index is 1.49. The number of aromatic nitrogens is 4. The summed E-state index contributed by atoms with van der Waals surface area (Å²) in [5.41, 5.74) is 0.400. The summed E-state index contributed by atoms with van der Waals surface area (Å²) in [6, 6.07) is 12.2. The van der Waals surface area contributed by atoms with Crippen LogP contribution in [0.1, 0.15) is 35.0 Å². The maximum atomic E-state index is 13.2. The second-order valence-corrected chi connectivity index (χ2v) is 8.49. The summed E-state index contributed by atoms with van der Waals surface area (Å²) in [6.07, 6.45) is 1.49. The zero-order valence-electron chi connectivity index (χ0n) is 18.0. The maximum absolute atomic E-state index is 13.2. The summed E-state index contributed by atoms with van der Waals surface area (Å²) < 4.78 is 6.63. The molecule has 0 spiro atoms. The third kappa shape index (κ3) is 4.29. The van der Waals surface area contributed by atoms with Gasteiger partial charge in [-0.3, -0.25) is 9.59 Å². The third-order valence-corrected chi connectivity index (χ3v) is 5.58. The number of halogens is 1. The van der Waals surface area contributed by atoms with Gasteiger partial charge in [-0.05, 0) is 38.1 Å². The van der Waals surface area contributed by atoms with Gasteiger partial charge in [0.2, 0.25) is 11.7 Å². The first-order valence-electron chi connectivity index (χ1n) is 10.1. The fraction of sp³-hybridized carbons (Fsp3) is 0.318. The summed E-state index contributed by atoms with van der Waals surface area (Å²) in [7, 11) is 1.51. The van der Waals surface area contributed by atoms with Gasteiger partial charge in [-0.2, -0.15) is 0 Å². The molecule has 32 heavy (non-hydrogen) atoms. The van der Waals surface area contributed by atoms with Gasteiger partial charge in [-0.1, -0.05) is 23.7 Å². The minimum atomic E-state index is -0.620. The van der Waals surface area contributed by atoms with Gasteiger partial charge in [-0.15, -0.1) is 5.10 Å². The van der Waals surface area contributed by atoms with Crippen molar-refractivity contribution in [3.63, 3.8) is 0 Å². The highest BCUT2D eigenvalue weighted by atomic mass is 35.5. The van der Waals surface area contributed by atoms with E-state index in [1.807, 2.05) is 19.9 Å². The summed E-state index contributed by atoms with van der Waals surface area (Å²) in [6.45, 7) is 4.91. The van der Waals surface area contributed by atoms with E-state index in [4.69, 9.17) is 16.3 Å². The van der Waals surface area contributed by atoms with Gasteiger partial charge >= 0.3 is 0 Å². The number of carbonyl (C=O) groups excluding carboxylic acids is 2. The first-order chi connectivity index (χ1) is 15.3. The molecular formula is C22H23ClN6O3. The number of piperazine rings is 1. The Morgan fingerprint density at radius 1 is 1.09 bits per heavy atom. The molecule has 166 valence electrons. The van der Waals surface area contributed by atoms with E-state index in [-0.39, 0.29) is 17.6 Å². The zero-order valence-corrected chi connectivity index (χ0v) is 18.8. The van der Waals surface area contributed by atoms with Gasteiger partial charge < -0.3 is 14.5 Å². The smallest absolute Gasteiger partial charge is 0.294 e. The number of carbonyl (C=O) groups is 2. The number of hydrogen-bond acceptors (Lipinski definition) is 6. The first kappa shape index (κ1) is 21.8. The second-order valence-electron chi connectivity index (χ2n) is 8.05. The molecule has 0 aliphatic carbocycles. The van der Waals surface area contributed by atoms with Crippen molar-refractivity contribution < 1.29 is 14.3 Å². The zero-order chi connectivity index (χ0) is 22.9. The average molecular weight is 455 g/mol. The lowest BCUT2D eigenvalue weighted by Gasteiger charge is -2.46. The van der Waals surface area contributed by atoms with Crippen LogP contribution in [0.5, 0.6) is 5.88 Å². The quantitative estimate of drug-likeness (QED) is 0.601. The molecule has 2 aromatic heterocycles. The van der Waals surface area contributed by atoms with Crippen molar-refractivity contribution >= 4 is 23.4 Å². The van der Waals surface area contributed by atoms with Crippen LogP contribution in [-0.4, -0.2) is 73.6 Å². The van der Waals surface area contributed by atoms with E-state index in [2.05, 4.69) is 15.1 Å². The van der Waals surface area contributed by atoms with E-state index in [1.54, 1.807) is 46.2 Å². The molecular weight excluding hydrogens is 432 g/mol. The van der Waals surface area contributed by atoms with Gasteiger partial charge in [0.05, 0.1) is 18.3 Å². The number of nitrogens with zero attached hydrogens (tertiary/aromatic N) is 6. The fourth-order valence-electron chi connectivity index (χ4n) is 3.74. The van der Waals surface area contributed by atoms with Crippen LogP contribution < -0.4 is 4.74 Å². The van der Waals surface area contributed by atoms with E-state index in [0.29, 0.717) is 41.9 Å². The lowest BCUT2D eigenvalue weighted by Crippen LogP contribution is -2.62. The maximum Gasteiger partial charge on any atom is 0.294 e.